The van der Waals surface area contributed by atoms with Gasteiger partial charge in [-0.05, 0) is 12.8 Å². The van der Waals surface area contributed by atoms with Gasteiger partial charge >= 0.3 is 0 Å². The number of nitrogen functional groups attached to an aromatic ring is 1. The van der Waals surface area contributed by atoms with Crippen LogP contribution in [0.15, 0.2) is 12.7 Å². The molecule has 96 valence electrons. The first-order valence-corrected chi connectivity index (χ1v) is 5.86. The third kappa shape index (κ3) is 2.70. The van der Waals surface area contributed by atoms with Gasteiger partial charge in [0.15, 0.2) is 0 Å². The van der Waals surface area contributed by atoms with Gasteiger partial charge in [-0.2, -0.15) is 24.7 Å². The van der Waals surface area contributed by atoms with Gasteiger partial charge in [-0.25, -0.2) is 4.98 Å². The van der Waals surface area contributed by atoms with Crippen molar-refractivity contribution in [1.29, 1.82) is 0 Å². The average molecular weight is 248 g/mol. The van der Waals surface area contributed by atoms with E-state index in [2.05, 4.69) is 44.2 Å². The van der Waals surface area contributed by atoms with Crippen molar-refractivity contribution in [1.82, 2.24) is 29.7 Å². The maximum atomic E-state index is 5.66. The molecule has 8 heteroatoms. The second kappa shape index (κ2) is 5.39. The van der Waals surface area contributed by atoms with Crippen LogP contribution in [-0.4, -0.2) is 35.8 Å². The lowest BCUT2D eigenvalue weighted by Crippen LogP contribution is -2.20. The zero-order valence-electron chi connectivity index (χ0n) is 10.4. The Bertz CT molecular complexity index is 491. The first-order chi connectivity index (χ1) is 8.72. The molecule has 2 heterocycles. The van der Waals surface area contributed by atoms with Crippen molar-refractivity contribution in [2.24, 2.45) is 0 Å². The Balaban J connectivity index is 2.27. The van der Waals surface area contributed by atoms with Crippen molar-refractivity contribution in [3.05, 3.63) is 12.7 Å². The molecule has 0 bridgehead atoms. The van der Waals surface area contributed by atoms with Gasteiger partial charge in [-0.3, -0.25) is 0 Å². The Labute approximate surface area is 105 Å². The van der Waals surface area contributed by atoms with E-state index in [1.54, 1.807) is 0 Å². The highest BCUT2D eigenvalue weighted by molar-refractivity contribution is 5.35. The van der Waals surface area contributed by atoms with E-state index >= 15 is 0 Å². The maximum Gasteiger partial charge on any atom is 0.258 e. The highest BCUT2D eigenvalue weighted by Gasteiger charge is 2.10. The van der Waals surface area contributed by atoms with Crippen LogP contribution in [0.4, 0.5) is 11.9 Å². The molecule has 0 aromatic carbocycles. The third-order valence-electron chi connectivity index (χ3n) is 2.58. The van der Waals surface area contributed by atoms with Gasteiger partial charge in [0, 0.05) is 6.04 Å². The van der Waals surface area contributed by atoms with E-state index in [0.717, 1.165) is 12.8 Å². The van der Waals surface area contributed by atoms with Crippen molar-refractivity contribution >= 4 is 11.9 Å². The molecule has 0 aliphatic carbocycles. The van der Waals surface area contributed by atoms with E-state index < -0.39 is 0 Å². The van der Waals surface area contributed by atoms with Crippen molar-refractivity contribution < 1.29 is 0 Å². The molecule has 0 fully saturated rings. The van der Waals surface area contributed by atoms with Crippen molar-refractivity contribution in [3.63, 3.8) is 0 Å². The van der Waals surface area contributed by atoms with Gasteiger partial charge < -0.3 is 11.1 Å². The van der Waals surface area contributed by atoms with Crippen molar-refractivity contribution in [3.8, 4) is 5.95 Å². The fourth-order valence-corrected chi connectivity index (χ4v) is 1.53. The minimum Gasteiger partial charge on any atom is -0.368 e. The summed E-state index contributed by atoms with van der Waals surface area (Å²) in [5, 5.41) is 7.18. The lowest BCUT2D eigenvalue weighted by molar-refractivity contribution is 0.661. The second-order valence-corrected chi connectivity index (χ2v) is 3.82. The molecule has 0 aliphatic heterocycles. The fourth-order valence-electron chi connectivity index (χ4n) is 1.53. The molecule has 0 amide bonds. The second-order valence-electron chi connectivity index (χ2n) is 3.82. The highest BCUT2D eigenvalue weighted by atomic mass is 15.4. The number of hydrogen-bond acceptors (Lipinski definition) is 7. The first kappa shape index (κ1) is 12.2. The summed E-state index contributed by atoms with van der Waals surface area (Å²) in [5.41, 5.74) is 5.66. The molecule has 0 spiro atoms. The van der Waals surface area contributed by atoms with E-state index in [0.29, 0.717) is 17.9 Å². The zero-order chi connectivity index (χ0) is 13.0. The number of anilines is 2. The molecular weight excluding hydrogens is 232 g/mol. The normalized spacial score (nSPS) is 10.8. The molecule has 0 atom stereocenters. The van der Waals surface area contributed by atoms with E-state index in [1.807, 2.05) is 0 Å². The Morgan fingerprint density at radius 3 is 2.67 bits per heavy atom. The topological polar surface area (TPSA) is 107 Å². The summed E-state index contributed by atoms with van der Waals surface area (Å²) < 4.78 is 1.44. The maximum absolute atomic E-state index is 5.66. The third-order valence-corrected chi connectivity index (χ3v) is 2.58. The number of nitrogens with one attached hydrogen (secondary N) is 1. The fraction of sp³-hybridized carbons (Fsp3) is 0.500. The first-order valence-electron chi connectivity index (χ1n) is 5.86. The zero-order valence-corrected chi connectivity index (χ0v) is 10.4. The molecule has 0 unspecified atom stereocenters. The molecule has 2 aromatic heterocycles. The summed E-state index contributed by atoms with van der Waals surface area (Å²) in [5.74, 6) is 0.971. The highest BCUT2D eigenvalue weighted by Crippen LogP contribution is 2.09. The molecule has 18 heavy (non-hydrogen) atoms. The van der Waals surface area contributed by atoms with Crippen LogP contribution in [0.5, 0.6) is 0 Å². The lowest BCUT2D eigenvalue weighted by atomic mass is 10.2. The smallest absolute Gasteiger partial charge is 0.258 e. The minimum atomic E-state index is 0.156. The van der Waals surface area contributed by atoms with Gasteiger partial charge in [0.05, 0.1) is 0 Å². The van der Waals surface area contributed by atoms with Gasteiger partial charge in [-0.1, -0.05) is 13.8 Å². The van der Waals surface area contributed by atoms with Crippen molar-refractivity contribution in [2.45, 2.75) is 32.7 Å². The summed E-state index contributed by atoms with van der Waals surface area (Å²) >= 11 is 0. The summed E-state index contributed by atoms with van der Waals surface area (Å²) in [7, 11) is 0. The predicted octanol–water partition coefficient (Wildman–Crippen LogP) is 0.635. The predicted molar refractivity (Wildman–Crippen MR) is 67.1 cm³/mol. The van der Waals surface area contributed by atoms with Crippen LogP contribution in [0.2, 0.25) is 0 Å². The molecule has 8 nitrogen and oxygen atoms in total. The molecule has 0 saturated heterocycles. The summed E-state index contributed by atoms with van der Waals surface area (Å²) in [6.07, 6.45) is 4.89. The number of aromatic nitrogens is 6. The van der Waals surface area contributed by atoms with Gasteiger partial charge in [0.2, 0.25) is 11.9 Å². The van der Waals surface area contributed by atoms with Gasteiger partial charge in [-0.15, -0.1) is 0 Å². The quantitative estimate of drug-likeness (QED) is 0.799. The van der Waals surface area contributed by atoms with Crippen molar-refractivity contribution in [2.75, 3.05) is 11.1 Å². The number of hydrogen-bond donors (Lipinski definition) is 2. The molecular formula is C10H16N8. The molecule has 0 saturated carbocycles. The standard InChI is InChI=1S/C10H16N8/c1-3-7(4-2)14-9-15-8(11)16-10(17-9)18-6-12-5-13-18/h5-7H,3-4H2,1-2H3,(H3,11,14,15,16,17). The Morgan fingerprint density at radius 1 is 1.28 bits per heavy atom. The monoisotopic (exact) mass is 248 g/mol. The molecule has 0 aliphatic rings. The van der Waals surface area contributed by atoms with Crippen LogP contribution in [0.1, 0.15) is 26.7 Å². The van der Waals surface area contributed by atoms with Crippen LogP contribution < -0.4 is 11.1 Å². The summed E-state index contributed by atoms with van der Waals surface area (Å²) in [6.45, 7) is 4.20. The Morgan fingerprint density at radius 2 is 2.06 bits per heavy atom. The average Bonchev–Trinajstić information content (AvgIpc) is 2.89. The molecule has 3 N–H and O–H groups in total. The van der Waals surface area contributed by atoms with E-state index in [9.17, 15) is 0 Å². The Hall–Kier alpha value is -2.25. The molecule has 2 rings (SSSR count). The van der Waals surface area contributed by atoms with E-state index in [4.69, 9.17) is 5.73 Å². The van der Waals surface area contributed by atoms with Gasteiger partial charge in [0.1, 0.15) is 12.7 Å². The lowest BCUT2D eigenvalue weighted by Gasteiger charge is -2.14. The van der Waals surface area contributed by atoms with E-state index in [1.165, 1.54) is 17.3 Å². The van der Waals surface area contributed by atoms with Crippen LogP contribution >= 0.6 is 0 Å². The van der Waals surface area contributed by atoms with Crippen LogP contribution in [0.3, 0.4) is 0 Å². The Kier molecular flexibility index (Phi) is 3.66. The van der Waals surface area contributed by atoms with Crippen LogP contribution in [-0.2, 0) is 0 Å². The summed E-state index contributed by atoms with van der Waals surface area (Å²) in [6, 6.07) is 0.315. The van der Waals surface area contributed by atoms with E-state index in [-0.39, 0.29) is 5.95 Å². The van der Waals surface area contributed by atoms with Crippen LogP contribution in [0, 0.1) is 0 Å². The molecule has 0 radical (unpaired) electrons. The number of rotatable bonds is 5. The summed E-state index contributed by atoms with van der Waals surface area (Å²) in [4.78, 5) is 16.2. The van der Waals surface area contributed by atoms with Gasteiger partial charge in [0.25, 0.3) is 5.95 Å². The van der Waals surface area contributed by atoms with Crippen LogP contribution in [0.25, 0.3) is 5.95 Å². The SMILES string of the molecule is CCC(CC)Nc1nc(N)nc(-n2cncn2)n1. The largest absolute Gasteiger partial charge is 0.368 e. The molecule has 2 aromatic rings. The number of nitrogens with two attached hydrogens (primary N) is 1. The number of nitrogens with zero attached hydrogens (tertiary/aromatic N) is 6. The minimum absolute atomic E-state index is 0.156.